The van der Waals surface area contributed by atoms with Crippen LogP contribution in [0.4, 0.5) is 0 Å². The van der Waals surface area contributed by atoms with Gasteiger partial charge < -0.3 is 0 Å². The molecule has 2 saturated carbocycles. The molecule has 0 heteroatoms. The Bertz CT molecular complexity index is 625. The Labute approximate surface area is 161 Å². The van der Waals surface area contributed by atoms with Gasteiger partial charge in [0.1, 0.15) is 0 Å². The van der Waals surface area contributed by atoms with Gasteiger partial charge in [-0.3, -0.25) is 0 Å². The SMILES string of the molecule is CC=CCCC1CCC2CC(C3CCc4cc(C)ccc4C3)CCC2C1. The Kier molecular flexibility index (Phi) is 5.87. The minimum atomic E-state index is 0.971. The first-order valence-electron chi connectivity index (χ1n) is 11.4. The Morgan fingerprint density at radius 1 is 0.885 bits per heavy atom. The van der Waals surface area contributed by atoms with Crippen molar-refractivity contribution in [2.45, 2.75) is 84.5 Å². The van der Waals surface area contributed by atoms with Gasteiger partial charge in [0, 0.05) is 0 Å². The monoisotopic (exact) mass is 350 g/mol. The van der Waals surface area contributed by atoms with Crippen LogP contribution in [0.25, 0.3) is 0 Å². The summed E-state index contributed by atoms with van der Waals surface area (Å²) < 4.78 is 0. The smallest absolute Gasteiger partial charge is 0.0245 e. The largest absolute Gasteiger partial charge is 0.0917 e. The molecule has 0 heterocycles. The van der Waals surface area contributed by atoms with Crippen LogP contribution >= 0.6 is 0 Å². The number of hydrogen-bond donors (Lipinski definition) is 0. The summed E-state index contributed by atoms with van der Waals surface area (Å²) in [6.45, 7) is 4.39. The molecule has 3 aliphatic rings. The molecule has 3 aliphatic carbocycles. The summed E-state index contributed by atoms with van der Waals surface area (Å²) in [7, 11) is 0. The second kappa shape index (κ2) is 8.32. The van der Waals surface area contributed by atoms with Gasteiger partial charge in [-0.1, -0.05) is 42.3 Å². The predicted molar refractivity (Wildman–Crippen MR) is 112 cm³/mol. The fraction of sp³-hybridized carbons (Fsp3) is 0.692. The standard InChI is InChI=1S/C26H38/c1-3-4-5-6-20-8-10-24-18-26(14-12-22(24)16-20)25-13-11-21-15-19(2)7-9-23(21)17-25/h3-4,7,9,15,20,22,24-26H,5-6,8,10-14,16-18H2,1-2H3. The second-order valence-corrected chi connectivity index (χ2v) is 9.69. The summed E-state index contributed by atoms with van der Waals surface area (Å²) in [5.74, 6) is 5.14. The predicted octanol–water partition coefficient (Wildman–Crippen LogP) is 7.29. The van der Waals surface area contributed by atoms with Gasteiger partial charge in [-0.2, -0.15) is 0 Å². The number of benzene rings is 1. The molecule has 0 spiro atoms. The summed E-state index contributed by atoms with van der Waals surface area (Å²) in [5, 5.41) is 0. The second-order valence-electron chi connectivity index (χ2n) is 9.69. The van der Waals surface area contributed by atoms with Crippen LogP contribution in [0.5, 0.6) is 0 Å². The highest BCUT2D eigenvalue weighted by Crippen LogP contribution is 2.49. The third-order valence-corrected chi connectivity index (χ3v) is 8.03. The van der Waals surface area contributed by atoms with E-state index in [1.165, 1.54) is 63.4 Å². The lowest BCUT2D eigenvalue weighted by atomic mass is 9.61. The molecular formula is C26H38. The lowest BCUT2D eigenvalue weighted by Gasteiger charge is -2.45. The van der Waals surface area contributed by atoms with E-state index in [9.17, 15) is 0 Å². The van der Waals surface area contributed by atoms with Crippen LogP contribution in [0.1, 0.15) is 81.4 Å². The van der Waals surface area contributed by atoms with Crippen LogP contribution in [0.2, 0.25) is 0 Å². The number of fused-ring (bicyclic) bond motifs is 2. The van der Waals surface area contributed by atoms with Gasteiger partial charge in [0.2, 0.25) is 0 Å². The maximum absolute atomic E-state index is 2.44. The van der Waals surface area contributed by atoms with Crippen LogP contribution in [-0.2, 0) is 12.8 Å². The summed E-state index contributed by atoms with van der Waals surface area (Å²) in [6, 6.07) is 7.20. The molecule has 5 unspecified atom stereocenters. The Morgan fingerprint density at radius 3 is 2.50 bits per heavy atom. The first kappa shape index (κ1) is 18.3. The zero-order valence-electron chi connectivity index (χ0n) is 17.1. The van der Waals surface area contributed by atoms with Crippen molar-refractivity contribution in [1.29, 1.82) is 0 Å². The lowest BCUT2D eigenvalue weighted by molar-refractivity contribution is 0.0699. The molecule has 0 nitrogen and oxygen atoms in total. The van der Waals surface area contributed by atoms with Crippen LogP contribution in [0, 0.1) is 36.5 Å². The molecule has 4 rings (SSSR count). The molecule has 0 radical (unpaired) electrons. The van der Waals surface area contributed by atoms with Crippen molar-refractivity contribution in [3.8, 4) is 0 Å². The Morgan fingerprint density at radius 2 is 1.65 bits per heavy atom. The molecule has 1 aromatic carbocycles. The zero-order chi connectivity index (χ0) is 17.9. The molecule has 1 aromatic rings. The first-order valence-corrected chi connectivity index (χ1v) is 11.4. The summed E-state index contributed by atoms with van der Waals surface area (Å²) in [5.41, 5.74) is 4.76. The van der Waals surface area contributed by atoms with Crippen molar-refractivity contribution in [2.75, 3.05) is 0 Å². The normalized spacial score (nSPS) is 34.5. The fourth-order valence-electron chi connectivity index (χ4n) is 6.53. The van der Waals surface area contributed by atoms with Crippen molar-refractivity contribution >= 4 is 0 Å². The number of hydrogen-bond acceptors (Lipinski definition) is 0. The molecule has 5 atom stereocenters. The summed E-state index contributed by atoms with van der Waals surface area (Å²) >= 11 is 0. The third-order valence-electron chi connectivity index (χ3n) is 8.03. The molecule has 0 saturated heterocycles. The van der Waals surface area contributed by atoms with Crippen LogP contribution in [0.15, 0.2) is 30.4 Å². The molecular weight excluding hydrogens is 312 g/mol. The Balaban J connectivity index is 1.31. The van der Waals surface area contributed by atoms with E-state index in [2.05, 4.69) is 44.2 Å². The molecule has 0 bridgehead atoms. The average molecular weight is 351 g/mol. The molecule has 0 N–H and O–H groups in total. The van der Waals surface area contributed by atoms with E-state index >= 15 is 0 Å². The highest BCUT2D eigenvalue weighted by atomic mass is 14.4. The Hall–Kier alpha value is -1.04. The molecule has 2 fully saturated rings. The summed E-state index contributed by atoms with van der Waals surface area (Å²) in [4.78, 5) is 0. The maximum atomic E-state index is 2.44. The third kappa shape index (κ3) is 4.10. The summed E-state index contributed by atoms with van der Waals surface area (Å²) in [6.07, 6.45) is 20.7. The van der Waals surface area contributed by atoms with Gasteiger partial charge in [-0.25, -0.2) is 0 Å². The first-order chi connectivity index (χ1) is 12.7. The quantitative estimate of drug-likeness (QED) is 0.500. The van der Waals surface area contributed by atoms with Crippen molar-refractivity contribution in [3.63, 3.8) is 0 Å². The van der Waals surface area contributed by atoms with Gasteiger partial charge >= 0.3 is 0 Å². The van der Waals surface area contributed by atoms with E-state index in [4.69, 9.17) is 0 Å². The van der Waals surface area contributed by atoms with Crippen LogP contribution in [0.3, 0.4) is 0 Å². The van der Waals surface area contributed by atoms with Crippen molar-refractivity contribution in [2.24, 2.45) is 29.6 Å². The van der Waals surface area contributed by atoms with Gasteiger partial charge in [0.25, 0.3) is 0 Å². The van der Waals surface area contributed by atoms with Gasteiger partial charge in [-0.15, -0.1) is 0 Å². The molecule has 0 aliphatic heterocycles. The fourth-order valence-corrected chi connectivity index (χ4v) is 6.53. The van der Waals surface area contributed by atoms with Crippen molar-refractivity contribution < 1.29 is 0 Å². The van der Waals surface area contributed by atoms with E-state index in [-0.39, 0.29) is 0 Å². The van der Waals surface area contributed by atoms with E-state index in [1.54, 1.807) is 24.0 Å². The topological polar surface area (TPSA) is 0 Å². The maximum Gasteiger partial charge on any atom is -0.0245 e. The molecule has 142 valence electrons. The number of aryl methyl sites for hydroxylation is 2. The van der Waals surface area contributed by atoms with Gasteiger partial charge in [-0.05, 0) is 119 Å². The average Bonchev–Trinajstić information content (AvgIpc) is 2.67. The minimum Gasteiger partial charge on any atom is -0.0917 e. The minimum absolute atomic E-state index is 0.971. The highest BCUT2D eigenvalue weighted by molar-refractivity contribution is 5.33. The van der Waals surface area contributed by atoms with Gasteiger partial charge in [0.15, 0.2) is 0 Å². The van der Waals surface area contributed by atoms with E-state index < -0.39 is 0 Å². The highest BCUT2D eigenvalue weighted by Gasteiger charge is 2.38. The lowest BCUT2D eigenvalue weighted by Crippen LogP contribution is -2.35. The van der Waals surface area contributed by atoms with Crippen molar-refractivity contribution in [1.82, 2.24) is 0 Å². The van der Waals surface area contributed by atoms with E-state index in [0.29, 0.717) is 0 Å². The van der Waals surface area contributed by atoms with E-state index in [1.807, 2.05) is 0 Å². The van der Waals surface area contributed by atoms with Crippen LogP contribution in [-0.4, -0.2) is 0 Å². The zero-order valence-corrected chi connectivity index (χ0v) is 17.1. The molecule has 0 aromatic heterocycles. The molecule has 26 heavy (non-hydrogen) atoms. The molecule has 0 amide bonds. The van der Waals surface area contributed by atoms with Gasteiger partial charge in [0.05, 0.1) is 0 Å². The van der Waals surface area contributed by atoms with Crippen LogP contribution < -0.4 is 0 Å². The van der Waals surface area contributed by atoms with Crippen molar-refractivity contribution in [3.05, 3.63) is 47.0 Å². The number of rotatable bonds is 4. The van der Waals surface area contributed by atoms with E-state index in [0.717, 1.165) is 29.6 Å². The number of allylic oxidation sites excluding steroid dienone is 2.